The van der Waals surface area contributed by atoms with E-state index in [2.05, 4.69) is 16.0 Å². The first kappa shape index (κ1) is 18.2. The third kappa shape index (κ3) is 10.2. The van der Waals surface area contributed by atoms with E-state index in [0.29, 0.717) is 0 Å². The minimum absolute atomic E-state index is 0.0115. The molecule has 4 N–H and O–H groups in total. The first-order valence-electron chi connectivity index (χ1n) is 6.88. The molecule has 7 heteroatoms. The molecule has 0 saturated heterocycles. The predicted molar refractivity (Wildman–Crippen MR) is 75.3 cm³/mol. The van der Waals surface area contributed by atoms with Crippen molar-refractivity contribution < 1.29 is 19.5 Å². The standard InChI is InChI=1S/C13H25N3O4/c1-4-10(3)16-11(17)5-6-14-13(20)15-8-9(2)7-12(18)19/h9-10H,4-8H2,1-3H3,(H,16,17)(H,18,19)(H2,14,15,20). The minimum Gasteiger partial charge on any atom is -0.481 e. The van der Waals surface area contributed by atoms with E-state index in [1.807, 2.05) is 13.8 Å². The van der Waals surface area contributed by atoms with E-state index in [9.17, 15) is 14.4 Å². The van der Waals surface area contributed by atoms with E-state index < -0.39 is 12.0 Å². The van der Waals surface area contributed by atoms with Gasteiger partial charge in [-0.15, -0.1) is 0 Å². The molecule has 116 valence electrons. The zero-order chi connectivity index (χ0) is 15.5. The van der Waals surface area contributed by atoms with Crippen molar-refractivity contribution in [1.82, 2.24) is 16.0 Å². The monoisotopic (exact) mass is 287 g/mol. The molecule has 7 nitrogen and oxygen atoms in total. The summed E-state index contributed by atoms with van der Waals surface area (Å²) in [5.74, 6) is -1.12. The fourth-order valence-electron chi connectivity index (χ4n) is 1.44. The second-order valence-corrected chi connectivity index (χ2v) is 4.97. The van der Waals surface area contributed by atoms with E-state index in [1.54, 1.807) is 6.92 Å². The van der Waals surface area contributed by atoms with Gasteiger partial charge in [0, 0.05) is 32.0 Å². The lowest BCUT2D eigenvalue weighted by atomic mass is 10.1. The molecule has 0 bridgehead atoms. The van der Waals surface area contributed by atoms with Crippen molar-refractivity contribution in [3.63, 3.8) is 0 Å². The van der Waals surface area contributed by atoms with Crippen LogP contribution in [0.4, 0.5) is 4.79 Å². The maximum absolute atomic E-state index is 11.4. The van der Waals surface area contributed by atoms with E-state index >= 15 is 0 Å². The van der Waals surface area contributed by atoms with Crippen LogP contribution in [0.3, 0.4) is 0 Å². The number of hydrogen-bond donors (Lipinski definition) is 4. The summed E-state index contributed by atoms with van der Waals surface area (Å²) in [6.07, 6.45) is 1.10. The highest BCUT2D eigenvalue weighted by Gasteiger charge is 2.10. The Labute approximate surface area is 119 Å². The van der Waals surface area contributed by atoms with Gasteiger partial charge in [0.2, 0.25) is 5.91 Å². The Kier molecular flexibility index (Phi) is 9.15. The largest absolute Gasteiger partial charge is 0.481 e. The van der Waals surface area contributed by atoms with Crippen LogP contribution in [0.1, 0.15) is 40.0 Å². The quantitative estimate of drug-likeness (QED) is 0.500. The lowest BCUT2D eigenvalue weighted by Gasteiger charge is -2.13. The summed E-state index contributed by atoms with van der Waals surface area (Å²) in [6.45, 7) is 6.18. The molecule has 2 atom stereocenters. The van der Waals surface area contributed by atoms with Crippen molar-refractivity contribution in [2.24, 2.45) is 5.92 Å². The molecule has 0 aromatic carbocycles. The second kappa shape index (κ2) is 10.1. The number of amides is 3. The Bertz CT molecular complexity index is 334. The maximum Gasteiger partial charge on any atom is 0.314 e. The van der Waals surface area contributed by atoms with Crippen LogP contribution in [0.25, 0.3) is 0 Å². The number of nitrogens with one attached hydrogen (secondary N) is 3. The maximum atomic E-state index is 11.4. The first-order chi connectivity index (χ1) is 9.35. The highest BCUT2D eigenvalue weighted by atomic mass is 16.4. The van der Waals surface area contributed by atoms with E-state index in [4.69, 9.17) is 5.11 Å². The Morgan fingerprint density at radius 1 is 1.15 bits per heavy atom. The SMILES string of the molecule is CCC(C)NC(=O)CCNC(=O)NCC(C)CC(=O)O. The topological polar surface area (TPSA) is 108 Å². The van der Waals surface area contributed by atoms with Crippen LogP contribution in [0, 0.1) is 5.92 Å². The van der Waals surface area contributed by atoms with Gasteiger partial charge < -0.3 is 21.1 Å². The minimum atomic E-state index is -0.888. The number of carbonyl (C=O) groups is 3. The number of carboxylic acid groups (broad SMARTS) is 1. The van der Waals surface area contributed by atoms with Crippen molar-refractivity contribution in [3.8, 4) is 0 Å². The van der Waals surface area contributed by atoms with Gasteiger partial charge in [-0.3, -0.25) is 9.59 Å². The molecule has 0 spiro atoms. The van der Waals surface area contributed by atoms with E-state index in [-0.39, 0.29) is 43.8 Å². The lowest BCUT2D eigenvalue weighted by Crippen LogP contribution is -2.40. The van der Waals surface area contributed by atoms with Crippen LogP contribution >= 0.6 is 0 Å². The van der Waals surface area contributed by atoms with E-state index in [0.717, 1.165) is 6.42 Å². The van der Waals surface area contributed by atoms with Gasteiger partial charge in [0.15, 0.2) is 0 Å². The molecular weight excluding hydrogens is 262 g/mol. The molecule has 0 aromatic rings. The fraction of sp³-hybridized carbons (Fsp3) is 0.769. The molecule has 20 heavy (non-hydrogen) atoms. The van der Waals surface area contributed by atoms with Gasteiger partial charge in [-0.2, -0.15) is 0 Å². The highest BCUT2D eigenvalue weighted by molar-refractivity contribution is 5.78. The molecule has 0 aliphatic carbocycles. The Balaban J connectivity index is 3.68. The second-order valence-electron chi connectivity index (χ2n) is 4.97. The molecular formula is C13H25N3O4. The Hall–Kier alpha value is -1.79. The van der Waals surface area contributed by atoms with Gasteiger partial charge >= 0.3 is 12.0 Å². The van der Waals surface area contributed by atoms with Gasteiger partial charge in [-0.05, 0) is 19.3 Å². The smallest absolute Gasteiger partial charge is 0.314 e. The molecule has 0 aromatic heterocycles. The average molecular weight is 287 g/mol. The summed E-state index contributed by atoms with van der Waals surface area (Å²) < 4.78 is 0. The Morgan fingerprint density at radius 3 is 2.35 bits per heavy atom. The summed E-state index contributed by atoms with van der Waals surface area (Å²) in [5, 5.41) is 16.5. The van der Waals surface area contributed by atoms with E-state index in [1.165, 1.54) is 0 Å². The summed E-state index contributed by atoms with van der Waals surface area (Å²) in [5.41, 5.74) is 0. The van der Waals surface area contributed by atoms with Crippen LogP contribution in [0.2, 0.25) is 0 Å². The Morgan fingerprint density at radius 2 is 1.80 bits per heavy atom. The fourth-order valence-corrected chi connectivity index (χ4v) is 1.44. The average Bonchev–Trinajstić information content (AvgIpc) is 2.35. The number of rotatable bonds is 9. The molecule has 0 radical (unpaired) electrons. The van der Waals surface area contributed by atoms with Crippen molar-refractivity contribution >= 4 is 17.9 Å². The number of carboxylic acids is 1. The molecule has 0 saturated carbocycles. The lowest BCUT2D eigenvalue weighted by molar-refractivity contribution is -0.137. The predicted octanol–water partition coefficient (Wildman–Crippen LogP) is 0.701. The molecule has 0 aliphatic rings. The molecule has 0 fully saturated rings. The van der Waals surface area contributed by atoms with Crippen molar-refractivity contribution in [2.75, 3.05) is 13.1 Å². The third-order valence-electron chi connectivity index (χ3n) is 2.79. The van der Waals surface area contributed by atoms with Gasteiger partial charge in [-0.1, -0.05) is 13.8 Å². The molecule has 0 rings (SSSR count). The van der Waals surface area contributed by atoms with Crippen molar-refractivity contribution in [3.05, 3.63) is 0 Å². The van der Waals surface area contributed by atoms with Gasteiger partial charge in [0.1, 0.15) is 0 Å². The molecule has 0 heterocycles. The first-order valence-corrected chi connectivity index (χ1v) is 6.88. The van der Waals surface area contributed by atoms with Crippen LogP contribution < -0.4 is 16.0 Å². The van der Waals surface area contributed by atoms with Gasteiger partial charge in [0.25, 0.3) is 0 Å². The summed E-state index contributed by atoms with van der Waals surface area (Å²) >= 11 is 0. The van der Waals surface area contributed by atoms with Gasteiger partial charge in [0.05, 0.1) is 0 Å². The number of urea groups is 1. The zero-order valence-corrected chi connectivity index (χ0v) is 12.4. The van der Waals surface area contributed by atoms with Crippen LogP contribution in [0.15, 0.2) is 0 Å². The molecule has 2 unspecified atom stereocenters. The number of hydrogen-bond acceptors (Lipinski definition) is 3. The number of aliphatic carboxylic acids is 1. The molecule has 3 amide bonds. The molecule has 0 aliphatic heterocycles. The summed E-state index contributed by atoms with van der Waals surface area (Å²) in [6, 6.07) is -0.258. The van der Waals surface area contributed by atoms with Crippen LogP contribution in [-0.4, -0.2) is 42.1 Å². The highest BCUT2D eigenvalue weighted by Crippen LogP contribution is 1.98. The van der Waals surface area contributed by atoms with Crippen LogP contribution in [-0.2, 0) is 9.59 Å². The third-order valence-corrected chi connectivity index (χ3v) is 2.79. The number of carbonyl (C=O) groups excluding carboxylic acids is 2. The zero-order valence-electron chi connectivity index (χ0n) is 12.4. The van der Waals surface area contributed by atoms with Crippen molar-refractivity contribution in [1.29, 1.82) is 0 Å². The van der Waals surface area contributed by atoms with Crippen LogP contribution in [0.5, 0.6) is 0 Å². The normalized spacial score (nSPS) is 13.2. The summed E-state index contributed by atoms with van der Waals surface area (Å²) in [4.78, 5) is 33.3. The summed E-state index contributed by atoms with van der Waals surface area (Å²) in [7, 11) is 0. The van der Waals surface area contributed by atoms with Crippen molar-refractivity contribution in [2.45, 2.75) is 46.1 Å². The van der Waals surface area contributed by atoms with Gasteiger partial charge in [-0.25, -0.2) is 4.79 Å².